The SMILES string of the molecule is CC(C)N(C(=O)CSc1nnc(COc2ccc(F)cc2)o1)c1ccc(Nc2ccccc2)cc1. The summed E-state index contributed by atoms with van der Waals surface area (Å²) in [6.07, 6.45) is 0. The Morgan fingerprint density at radius 2 is 1.69 bits per heavy atom. The Labute approximate surface area is 207 Å². The van der Waals surface area contributed by atoms with Crippen molar-refractivity contribution in [3.05, 3.63) is 90.6 Å². The number of nitrogens with zero attached hydrogens (tertiary/aromatic N) is 3. The number of nitrogens with one attached hydrogen (secondary N) is 1. The molecule has 0 saturated carbocycles. The highest BCUT2D eigenvalue weighted by Crippen LogP contribution is 2.25. The molecule has 0 aliphatic carbocycles. The molecule has 7 nitrogen and oxygen atoms in total. The number of thioether (sulfide) groups is 1. The summed E-state index contributed by atoms with van der Waals surface area (Å²) < 4.78 is 24.1. The Balaban J connectivity index is 1.32. The summed E-state index contributed by atoms with van der Waals surface area (Å²) >= 11 is 1.17. The number of anilines is 3. The highest BCUT2D eigenvalue weighted by atomic mass is 32.2. The van der Waals surface area contributed by atoms with E-state index in [-0.39, 0.29) is 41.2 Å². The van der Waals surface area contributed by atoms with Crippen LogP contribution in [0, 0.1) is 5.82 Å². The lowest BCUT2D eigenvalue weighted by atomic mass is 10.2. The summed E-state index contributed by atoms with van der Waals surface area (Å²) in [6, 6.07) is 23.3. The number of halogens is 1. The molecular weight excluding hydrogens is 467 g/mol. The maximum Gasteiger partial charge on any atom is 0.277 e. The van der Waals surface area contributed by atoms with Crippen molar-refractivity contribution < 1.29 is 18.3 Å². The van der Waals surface area contributed by atoms with Crippen molar-refractivity contribution in [2.75, 3.05) is 16.0 Å². The van der Waals surface area contributed by atoms with Gasteiger partial charge in [-0.05, 0) is 74.5 Å². The van der Waals surface area contributed by atoms with Crippen LogP contribution in [-0.4, -0.2) is 27.9 Å². The van der Waals surface area contributed by atoms with Crippen LogP contribution in [0.5, 0.6) is 5.75 Å². The van der Waals surface area contributed by atoms with E-state index < -0.39 is 0 Å². The summed E-state index contributed by atoms with van der Waals surface area (Å²) in [5, 5.41) is 11.5. The number of rotatable bonds is 10. The molecule has 9 heteroatoms. The zero-order chi connectivity index (χ0) is 24.6. The van der Waals surface area contributed by atoms with Gasteiger partial charge in [0.15, 0.2) is 6.61 Å². The van der Waals surface area contributed by atoms with Crippen molar-refractivity contribution in [1.82, 2.24) is 10.2 Å². The minimum Gasteiger partial charge on any atom is -0.484 e. The van der Waals surface area contributed by atoms with Crippen LogP contribution < -0.4 is 15.0 Å². The van der Waals surface area contributed by atoms with Crippen LogP contribution in [0.3, 0.4) is 0 Å². The van der Waals surface area contributed by atoms with Crippen molar-refractivity contribution in [3.8, 4) is 5.75 Å². The van der Waals surface area contributed by atoms with Crippen LogP contribution in [0.25, 0.3) is 0 Å². The number of ether oxygens (including phenoxy) is 1. The number of carbonyl (C=O) groups excluding carboxylic acids is 1. The molecule has 0 bridgehead atoms. The van der Waals surface area contributed by atoms with Gasteiger partial charge in [0.2, 0.25) is 5.91 Å². The topological polar surface area (TPSA) is 80.5 Å². The highest BCUT2D eigenvalue weighted by Gasteiger charge is 2.20. The molecular formula is C26H25FN4O3S. The summed E-state index contributed by atoms with van der Waals surface area (Å²) in [6.45, 7) is 3.99. The van der Waals surface area contributed by atoms with Crippen molar-refractivity contribution in [1.29, 1.82) is 0 Å². The molecule has 1 N–H and O–H groups in total. The summed E-state index contributed by atoms with van der Waals surface area (Å²) in [7, 11) is 0. The van der Waals surface area contributed by atoms with Gasteiger partial charge in [0.25, 0.3) is 11.1 Å². The fourth-order valence-electron chi connectivity index (χ4n) is 3.35. The number of hydrogen-bond acceptors (Lipinski definition) is 7. The van der Waals surface area contributed by atoms with Gasteiger partial charge in [-0.25, -0.2) is 4.39 Å². The first-order chi connectivity index (χ1) is 17.0. The van der Waals surface area contributed by atoms with E-state index in [9.17, 15) is 9.18 Å². The molecule has 0 saturated heterocycles. The van der Waals surface area contributed by atoms with Gasteiger partial charge in [0.1, 0.15) is 11.6 Å². The zero-order valence-corrected chi connectivity index (χ0v) is 20.2. The van der Waals surface area contributed by atoms with Gasteiger partial charge in [0, 0.05) is 23.1 Å². The predicted molar refractivity (Wildman–Crippen MR) is 135 cm³/mol. The van der Waals surface area contributed by atoms with Gasteiger partial charge in [-0.2, -0.15) is 0 Å². The van der Waals surface area contributed by atoms with E-state index in [4.69, 9.17) is 9.15 Å². The smallest absolute Gasteiger partial charge is 0.277 e. The van der Waals surface area contributed by atoms with E-state index in [1.54, 1.807) is 4.90 Å². The number of aromatic nitrogens is 2. The van der Waals surface area contributed by atoms with Crippen LogP contribution in [0.15, 0.2) is 88.5 Å². The van der Waals surface area contributed by atoms with Gasteiger partial charge >= 0.3 is 0 Å². The Hall–Kier alpha value is -3.85. The molecule has 0 fully saturated rings. The molecule has 180 valence electrons. The molecule has 1 heterocycles. The largest absolute Gasteiger partial charge is 0.484 e. The van der Waals surface area contributed by atoms with E-state index in [2.05, 4.69) is 15.5 Å². The summed E-state index contributed by atoms with van der Waals surface area (Å²) in [5.74, 6) is 0.491. The lowest BCUT2D eigenvalue weighted by Gasteiger charge is -2.27. The average molecular weight is 493 g/mol. The Kier molecular flexibility index (Phi) is 7.99. The van der Waals surface area contributed by atoms with E-state index in [1.165, 1.54) is 36.0 Å². The minimum absolute atomic E-state index is 0.0293. The molecule has 1 amide bonds. The maximum atomic E-state index is 13.0. The Bertz CT molecular complexity index is 1230. The van der Waals surface area contributed by atoms with E-state index in [0.29, 0.717) is 5.75 Å². The number of hydrogen-bond donors (Lipinski definition) is 1. The quantitative estimate of drug-likeness (QED) is 0.269. The molecule has 0 unspecified atom stereocenters. The van der Waals surface area contributed by atoms with Crippen molar-refractivity contribution in [2.45, 2.75) is 31.7 Å². The zero-order valence-electron chi connectivity index (χ0n) is 19.3. The molecule has 35 heavy (non-hydrogen) atoms. The maximum absolute atomic E-state index is 13.0. The Morgan fingerprint density at radius 1 is 1.00 bits per heavy atom. The number of carbonyl (C=O) groups is 1. The summed E-state index contributed by atoms with van der Waals surface area (Å²) in [4.78, 5) is 14.8. The molecule has 4 rings (SSSR count). The second kappa shape index (κ2) is 11.5. The third-order valence-electron chi connectivity index (χ3n) is 4.94. The number of para-hydroxylation sites is 1. The van der Waals surface area contributed by atoms with Gasteiger partial charge in [0.05, 0.1) is 5.75 Å². The van der Waals surface area contributed by atoms with Crippen LogP contribution in [0.1, 0.15) is 19.7 Å². The molecule has 0 atom stereocenters. The van der Waals surface area contributed by atoms with Gasteiger partial charge in [-0.3, -0.25) is 4.79 Å². The van der Waals surface area contributed by atoms with Gasteiger partial charge in [-0.15, -0.1) is 10.2 Å². The fraction of sp³-hybridized carbons (Fsp3) is 0.192. The molecule has 0 aliphatic heterocycles. The number of amides is 1. The van der Waals surface area contributed by atoms with E-state index in [0.717, 1.165) is 17.1 Å². The van der Waals surface area contributed by atoms with Gasteiger partial charge < -0.3 is 19.4 Å². The van der Waals surface area contributed by atoms with E-state index >= 15 is 0 Å². The third kappa shape index (κ3) is 6.83. The average Bonchev–Trinajstić information content (AvgIpc) is 3.32. The monoisotopic (exact) mass is 492 g/mol. The summed E-state index contributed by atoms with van der Waals surface area (Å²) in [5.41, 5.74) is 2.74. The second-order valence-electron chi connectivity index (χ2n) is 7.89. The van der Waals surface area contributed by atoms with Crippen molar-refractivity contribution in [3.63, 3.8) is 0 Å². The molecule has 3 aromatic carbocycles. The lowest BCUT2D eigenvalue weighted by Crippen LogP contribution is -2.38. The molecule has 0 spiro atoms. The number of benzene rings is 3. The van der Waals surface area contributed by atoms with Crippen LogP contribution in [0.4, 0.5) is 21.5 Å². The fourth-order valence-corrected chi connectivity index (χ4v) is 3.99. The Morgan fingerprint density at radius 3 is 2.37 bits per heavy atom. The first-order valence-corrected chi connectivity index (χ1v) is 12.0. The van der Waals surface area contributed by atoms with Crippen molar-refractivity contribution >= 4 is 34.7 Å². The van der Waals surface area contributed by atoms with Gasteiger partial charge in [-0.1, -0.05) is 30.0 Å². The second-order valence-corrected chi connectivity index (χ2v) is 8.81. The van der Waals surface area contributed by atoms with Crippen LogP contribution >= 0.6 is 11.8 Å². The van der Waals surface area contributed by atoms with E-state index in [1.807, 2.05) is 68.4 Å². The standard InChI is InChI=1S/C26H25FN4O3S/c1-18(2)31(22-12-10-21(11-13-22)28-20-6-4-3-5-7-20)25(32)17-35-26-30-29-24(34-26)16-33-23-14-8-19(27)9-15-23/h3-15,18,28H,16-17H2,1-2H3. The lowest BCUT2D eigenvalue weighted by molar-refractivity contribution is -0.116. The van der Waals surface area contributed by atoms with Crippen molar-refractivity contribution in [2.24, 2.45) is 0 Å². The minimum atomic E-state index is -0.339. The van der Waals surface area contributed by atoms with Crippen LogP contribution in [-0.2, 0) is 11.4 Å². The molecule has 4 aromatic rings. The third-order valence-corrected chi connectivity index (χ3v) is 5.74. The molecule has 0 radical (unpaired) electrons. The first kappa shape index (κ1) is 24.3. The highest BCUT2D eigenvalue weighted by molar-refractivity contribution is 7.99. The molecule has 1 aromatic heterocycles. The molecule has 0 aliphatic rings. The predicted octanol–water partition coefficient (Wildman–Crippen LogP) is 6.07. The first-order valence-electron chi connectivity index (χ1n) is 11.1. The normalized spacial score (nSPS) is 10.9. The van der Waals surface area contributed by atoms with Crippen LogP contribution in [0.2, 0.25) is 0 Å².